The molecule has 4 rings (SSSR count). The van der Waals surface area contributed by atoms with E-state index >= 15 is 0 Å². The summed E-state index contributed by atoms with van der Waals surface area (Å²) in [6, 6.07) is 6.12. The summed E-state index contributed by atoms with van der Waals surface area (Å²) in [5.41, 5.74) is 0.833. The number of hydrogen-bond acceptors (Lipinski definition) is 4. The van der Waals surface area contributed by atoms with Crippen molar-refractivity contribution < 1.29 is 4.79 Å². The van der Waals surface area contributed by atoms with Gasteiger partial charge in [0.25, 0.3) is 0 Å². The Labute approximate surface area is 205 Å². The molecule has 0 aliphatic heterocycles. The van der Waals surface area contributed by atoms with Crippen LogP contribution < -0.4 is 5.32 Å². The van der Waals surface area contributed by atoms with E-state index in [0.29, 0.717) is 27.9 Å². The topological polar surface area (TPSA) is 59.8 Å². The minimum atomic E-state index is 0.0878. The number of thioether (sulfide) groups is 1. The van der Waals surface area contributed by atoms with Gasteiger partial charge in [-0.05, 0) is 43.9 Å². The number of aromatic nitrogens is 3. The molecule has 0 atom stereocenters. The van der Waals surface area contributed by atoms with Crippen molar-refractivity contribution in [3.63, 3.8) is 0 Å². The first-order valence-corrected chi connectivity index (χ1v) is 13.7. The van der Waals surface area contributed by atoms with Crippen LogP contribution in [0.2, 0.25) is 10.0 Å². The first-order chi connectivity index (χ1) is 15.6. The predicted molar refractivity (Wildman–Crippen MR) is 133 cm³/mol. The molecule has 1 heterocycles. The van der Waals surface area contributed by atoms with Gasteiger partial charge in [0.15, 0.2) is 11.0 Å². The number of halogens is 2. The van der Waals surface area contributed by atoms with Crippen LogP contribution in [-0.4, -0.2) is 32.5 Å². The molecule has 174 valence electrons. The summed E-state index contributed by atoms with van der Waals surface area (Å²) in [6.07, 6.45) is 14.3. The van der Waals surface area contributed by atoms with E-state index in [2.05, 4.69) is 20.1 Å². The highest BCUT2D eigenvalue weighted by Gasteiger charge is 2.25. The van der Waals surface area contributed by atoms with Gasteiger partial charge in [-0.2, -0.15) is 0 Å². The monoisotopic (exact) mass is 494 g/mol. The number of carbonyl (C=O) groups is 1. The lowest BCUT2D eigenvalue weighted by Crippen LogP contribution is -2.36. The van der Waals surface area contributed by atoms with Crippen LogP contribution >= 0.6 is 35.0 Å². The summed E-state index contributed by atoms with van der Waals surface area (Å²) in [5.74, 6) is 1.21. The Balaban J connectivity index is 1.49. The van der Waals surface area contributed by atoms with Crippen molar-refractivity contribution in [3.8, 4) is 11.4 Å². The summed E-state index contributed by atoms with van der Waals surface area (Å²) in [5, 5.41) is 14.2. The third kappa shape index (κ3) is 6.21. The lowest BCUT2D eigenvalue weighted by atomic mass is 9.95. The lowest BCUT2D eigenvalue weighted by Gasteiger charge is -2.26. The molecule has 32 heavy (non-hydrogen) atoms. The number of amides is 1. The highest BCUT2D eigenvalue weighted by atomic mass is 35.5. The highest BCUT2D eigenvalue weighted by Crippen LogP contribution is 2.38. The standard InChI is InChI=1S/C24H32Cl2N4OS/c25-17-13-14-20(21(26)15-17)23-28-29-24(30(23)19-11-7-4-8-12-19)32-16-22(31)27-18-9-5-2-1-3-6-10-18/h13-15,18-19H,1-12,16H2,(H,27,31). The average Bonchev–Trinajstić information content (AvgIpc) is 3.18. The number of nitrogens with zero attached hydrogens (tertiary/aromatic N) is 3. The van der Waals surface area contributed by atoms with E-state index in [1.165, 1.54) is 63.1 Å². The van der Waals surface area contributed by atoms with Gasteiger partial charge in [-0.1, -0.05) is 86.3 Å². The van der Waals surface area contributed by atoms with E-state index in [9.17, 15) is 4.79 Å². The zero-order valence-corrected chi connectivity index (χ0v) is 20.8. The Morgan fingerprint density at radius 3 is 2.34 bits per heavy atom. The van der Waals surface area contributed by atoms with Crippen LogP contribution in [0.4, 0.5) is 0 Å². The van der Waals surface area contributed by atoms with Gasteiger partial charge in [-0.25, -0.2) is 0 Å². The van der Waals surface area contributed by atoms with Gasteiger partial charge in [-0.3, -0.25) is 9.36 Å². The van der Waals surface area contributed by atoms with Crippen molar-refractivity contribution >= 4 is 40.9 Å². The van der Waals surface area contributed by atoms with Gasteiger partial charge < -0.3 is 5.32 Å². The molecular formula is C24H32Cl2N4OS. The van der Waals surface area contributed by atoms with E-state index in [-0.39, 0.29) is 5.91 Å². The maximum Gasteiger partial charge on any atom is 0.230 e. The van der Waals surface area contributed by atoms with Crippen molar-refractivity contribution in [1.82, 2.24) is 20.1 Å². The number of nitrogens with one attached hydrogen (secondary N) is 1. The first kappa shape index (κ1) is 23.9. The molecule has 0 unspecified atom stereocenters. The van der Waals surface area contributed by atoms with Crippen LogP contribution in [-0.2, 0) is 4.79 Å². The molecule has 2 aliphatic carbocycles. The van der Waals surface area contributed by atoms with Crippen LogP contribution in [0.1, 0.15) is 83.1 Å². The third-order valence-electron chi connectivity index (χ3n) is 6.58. The van der Waals surface area contributed by atoms with E-state index in [1.54, 1.807) is 6.07 Å². The fourth-order valence-corrected chi connectivity index (χ4v) is 6.21. The van der Waals surface area contributed by atoms with Crippen molar-refractivity contribution in [2.75, 3.05) is 5.75 Å². The van der Waals surface area contributed by atoms with Gasteiger partial charge in [-0.15, -0.1) is 10.2 Å². The quantitative estimate of drug-likeness (QED) is 0.435. The molecule has 2 fully saturated rings. The van der Waals surface area contributed by atoms with E-state index in [1.807, 2.05) is 12.1 Å². The number of hydrogen-bond donors (Lipinski definition) is 1. The summed E-state index contributed by atoms with van der Waals surface area (Å²) >= 11 is 14.1. The predicted octanol–water partition coefficient (Wildman–Crippen LogP) is 7.08. The zero-order chi connectivity index (χ0) is 22.3. The smallest absolute Gasteiger partial charge is 0.230 e. The molecule has 2 aromatic rings. The van der Waals surface area contributed by atoms with Crippen LogP contribution in [0.15, 0.2) is 23.4 Å². The van der Waals surface area contributed by atoms with Crippen LogP contribution in [0.5, 0.6) is 0 Å². The number of rotatable bonds is 6. The molecule has 1 aromatic heterocycles. The van der Waals surface area contributed by atoms with Gasteiger partial charge in [0.1, 0.15) is 0 Å². The Kier molecular flexibility index (Phi) is 8.78. The second kappa shape index (κ2) is 11.8. The van der Waals surface area contributed by atoms with Crippen molar-refractivity contribution in [3.05, 3.63) is 28.2 Å². The zero-order valence-electron chi connectivity index (χ0n) is 18.5. The minimum Gasteiger partial charge on any atom is -0.353 e. The van der Waals surface area contributed by atoms with Crippen molar-refractivity contribution in [2.45, 2.75) is 94.3 Å². The number of carbonyl (C=O) groups excluding carboxylic acids is 1. The summed E-state index contributed by atoms with van der Waals surface area (Å²) in [7, 11) is 0. The third-order valence-corrected chi connectivity index (χ3v) is 8.07. The number of benzene rings is 1. The summed E-state index contributed by atoms with van der Waals surface area (Å²) in [6.45, 7) is 0. The van der Waals surface area contributed by atoms with E-state index < -0.39 is 0 Å². The molecule has 1 amide bonds. The van der Waals surface area contributed by atoms with E-state index in [0.717, 1.165) is 42.2 Å². The van der Waals surface area contributed by atoms with E-state index in [4.69, 9.17) is 23.2 Å². The Morgan fingerprint density at radius 2 is 1.62 bits per heavy atom. The molecular weight excluding hydrogens is 463 g/mol. The molecule has 0 bridgehead atoms. The minimum absolute atomic E-state index is 0.0878. The fraction of sp³-hybridized carbons (Fsp3) is 0.625. The second-order valence-electron chi connectivity index (χ2n) is 8.99. The van der Waals surface area contributed by atoms with Crippen LogP contribution in [0, 0.1) is 0 Å². The maximum absolute atomic E-state index is 12.7. The maximum atomic E-state index is 12.7. The summed E-state index contributed by atoms with van der Waals surface area (Å²) in [4.78, 5) is 12.7. The van der Waals surface area contributed by atoms with Gasteiger partial charge in [0, 0.05) is 22.7 Å². The van der Waals surface area contributed by atoms with Crippen LogP contribution in [0.3, 0.4) is 0 Å². The van der Waals surface area contributed by atoms with Gasteiger partial charge >= 0.3 is 0 Å². The molecule has 8 heteroatoms. The molecule has 2 saturated carbocycles. The Morgan fingerprint density at radius 1 is 0.969 bits per heavy atom. The average molecular weight is 496 g/mol. The molecule has 5 nitrogen and oxygen atoms in total. The Hall–Kier alpha value is -1.24. The molecule has 1 N–H and O–H groups in total. The SMILES string of the molecule is O=C(CSc1nnc(-c2ccc(Cl)cc2Cl)n1C1CCCCC1)NC1CCCCCCC1. The Bertz CT molecular complexity index is 905. The lowest BCUT2D eigenvalue weighted by molar-refractivity contribution is -0.119. The second-order valence-corrected chi connectivity index (χ2v) is 10.8. The summed E-state index contributed by atoms with van der Waals surface area (Å²) < 4.78 is 2.21. The van der Waals surface area contributed by atoms with Gasteiger partial charge in [0.2, 0.25) is 5.91 Å². The fourth-order valence-electron chi connectivity index (χ4n) is 4.90. The van der Waals surface area contributed by atoms with Crippen LogP contribution in [0.25, 0.3) is 11.4 Å². The molecule has 0 spiro atoms. The molecule has 0 saturated heterocycles. The molecule has 2 aliphatic rings. The first-order valence-electron chi connectivity index (χ1n) is 11.9. The largest absolute Gasteiger partial charge is 0.353 e. The van der Waals surface area contributed by atoms with Crippen molar-refractivity contribution in [2.24, 2.45) is 0 Å². The molecule has 0 radical (unpaired) electrons. The normalized spacial score (nSPS) is 18.8. The molecule has 1 aromatic carbocycles. The van der Waals surface area contributed by atoms with Gasteiger partial charge in [0.05, 0.1) is 10.8 Å². The highest BCUT2D eigenvalue weighted by molar-refractivity contribution is 7.99. The van der Waals surface area contributed by atoms with Crippen molar-refractivity contribution in [1.29, 1.82) is 0 Å².